The zero-order chi connectivity index (χ0) is 20.8. The van der Waals surface area contributed by atoms with Gasteiger partial charge in [0.25, 0.3) is 5.91 Å². The second-order valence-electron chi connectivity index (χ2n) is 7.48. The number of amides is 1. The number of carbonyl (C=O) groups excluding carboxylic acids is 1. The normalized spacial score (nSPS) is 10.8. The Morgan fingerprint density at radius 3 is 2.38 bits per heavy atom. The Kier molecular flexibility index (Phi) is 6.60. The van der Waals surface area contributed by atoms with Crippen LogP contribution < -0.4 is 5.32 Å². The molecule has 0 aliphatic heterocycles. The molecule has 0 saturated carbocycles. The van der Waals surface area contributed by atoms with E-state index in [0.29, 0.717) is 30.4 Å². The Labute approximate surface area is 172 Å². The Morgan fingerprint density at radius 1 is 1.00 bits per heavy atom. The number of carbonyl (C=O) groups is 1. The number of hydrogen-bond acceptors (Lipinski definition) is 4. The topological polar surface area (TPSA) is 58.1 Å². The standard InChI is InChI=1S/C24H28N4O/c1-17(2)28(16-20-11-6-5-7-12-20)24(29)22-14-23(27-19(4)26-22)25-15-21-13-9-8-10-18(21)3/h5-14,17H,15-16H2,1-4H3,(H,25,26,27). The highest BCUT2D eigenvalue weighted by molar-refractivity contribution is 5.93. The summed E-state index contributed by atoms with van der Waals surface area (Å²) in [6.07, 6.45) is 0. The molecule has 5 heteroatoms. The fourth-order valence-corrected chi connectivity index (χ4v) is 3.18. The van der Waals surface area contributed by atoms with Gasteiger partial charge in [0.15, 0.2) is 0 Å². The fourth-order valence-electron chi connectivity index (χ4n) is 3.18. The summed E-state index contributed by atoms with van der Waals surface area (Å²) in [5.41, 5.74) is 3.92. The van der Waals surface area contributed by atoms with Crippen LogP contribution in [-0.4, -0.2) is 26.8 Å². The first-order valence-corrected chi connectivity index (χ1v) is 9.93. The Morgan fingerprint density at radius 2 is 1.69 bits per heavy atom. The van der Waals surface area contributed by atoms with E-state index in [1.54, 1.807) is 6.07 Å². The molecule has 0 bridgehead atoms. The van der Waals surface area contributed by atoms with Crippen LogP contribution in [0.15, 0.2) is 60.7 Å². The first-order valence-electron chi connectivity index (χ1n) is 9.93. The first kappa shape index (κ1) is 20.5. The van der Waals surface area contributed by atoms with Gasteiger partial charge in [0.1, 0.15) is 17.3 Å². The zero-order valence-electron chi connectivity index (χ0n) is 17.5. The van der Waals surface area contributed by atoms with Crippen LogP contribution in [-0.2, 0) is 13.1 Å². The fraction of sp³-hybridized carbons (Fsp3) is 0.292. The van der Waals surface area contributed by atoms with E-state index >= 15 is 0 Å². The second kappa shape index (κ2) is 9.32. The summed E-state index contributed by atoms with van der Waals surface area (Å²) in [4.78, 5) is 23.9. The number of nitrogens with one attached hydrogen (secondary N) is 1. The van der Waals surface area contributed by atoms with Crippen LogP contribution in [0, 0.1) is 13.8 Å². The summed E-state index contributed by atoms with van der Waals surface area (Å²) < 4.78 is 0. The minimum Gasteiger partial charge on any atom is -0.366 e. The van der Waals surface area contributed by atoms with Gasteiger partial charge in [-0.1, -0.05) is 54.6 Å². The van der Waals surface area contributed by atoms with E-state index in [9.17, 15) is 4.79 Å². The minimum absolute atomic E-state index is 0.0568. The van der Waals surface area contributed by atoms with Crippen molar-refractivity contribution in [3.05, 3.63) is 88.9 Å². The summed E-state index contributed by atoms with van der Waals surface area (Å²) in [5, 5.41) is 3.33. The van der Waals surface area contributed by atoms with E-state index in [4.69, 9.17) is 0 Å². The van der Waals surface area contributed by atoms with Crippen LogP contribution >= 0.6 is 0 Å². The molecule has 3 aromatic rings. The highest BCUT2D eigenvalue weighted by Gasteiger charge is 2.21. The largest absolute Gasteiger partial charge is 0.366 e. The van der Waals surface area contributed by atoms with Crippen LogP contribution in [0.2, 0.25) is 0 Å². The van der Waals surface area contributed by atoms with Gasteiger partial charge in [0.2, 0.25) is 0 Å². The number of aryl methyl sites for hydroxylation is 2. The molecule has 2 aromatic carbocycles. The van der Waals surface area contributed by atoms with Gasteiger partial charge in [0, 0.05) is 25.2 Å². The number of rotatable bonds is 7. The van der Waals surface area contributed by atoms with Crippen molar-refractivity contribution in [1.82, 2.24) is 14.9 Å². The van der Waals surface area contributed by atoms with Crippen molar-refractivity contribution in [3.63, 3.8) is 0 Å². The summed E-state index contributed by atoms with van der Waals surface area (Å²) in [6, 6.07) is 20.0. The van der Waals surface area contributed by atoms with E-state index in [1.165, 1.54) is 11.1 Å². The molecule has 0 fully saturated rings. The van der Waals surface area contributed by atoms with Crippen molar-refractivity contribution in [2.75, 3.05) is 5.32 Å². The lowest BCUT2D eigenvalue weighted by molar-refractivity contribution is 0.0684. The van der Waals surface area contributed by atoms with Crippen molar-refractivity contribution in [2.45, 2.75) is 46.8 Å². The Hall–Kier alpha value is -3.21. The first-order chi connectivity index (χ1) is 13.9. The molecule has 1 aromatic heterocycles. The van der Waals surface area contributed by atoms with Crippen molar-refractivity contribution in [2.24, 2.45) is 0 Å². The Balaban J connectivity index is 1.79. The number of anilines is 1. The number of nitrogens with zero attached hydrogens (tertiary/aromatic N) is 3. The van der Waals surface area contributed by atoms with E-state index in [1.807, 2.05) is 68.1 Å². The van der Waals surface area contributed by atoms with Gasteiger partial charge in [-0.2, -0.15) is 0 Å². The molecule has 150 valence electrons. The van der Waals surface area contributed by atoms with Crippen molar-refractivity contribution in [3.8, 4) is 0 Å². The molecular weight excluding hydrogens is 360 g/mol. The van der Waals surface area contributed by atoms with Crippen LogP contribution in [0.3, 0.4) is 0 Å². The highest BCUT2D eigenvalue weighted by atomic mass is 16.2. The average Bonchev–Trinajstić information content (AvgIpc) is 2.71. The van der Waals surface area contributed by atoms with Crippen molar-refractivity contribution in [1.29, 1.82) is 0 Å². The Bertz CT molecular complexity index is 970. The van der Waals surface area contributed by atoms with Gasteiger partial charge in [-0.25, -0.2) is 9.97 Å². The lowest BCUT2D eigenvalue weighted by atomic mass is 10.1. The molecule has 0 spiro atoms. The number of aromatic nitrogens is 2. The molecule has 0 saturated heterocycles. The summed E-state index contributed by atoms with van der Waals surface area (Å²) in [7, 11) is 0. The third kappa shape index (κ3) is 5.41. The molecule has 29 heavy (non-hydrogen) atoms. The predicted molar refractivity (Wildman–Crippen MR) is 117 cm³/mol. The van der Waals surface area contributed by atoms with Crippen LogP contribution in [0.25, 0.3) is 0 Å². The van der Waals surface area contributed by atoms with Crippen LogP contribution in [0.5, 0.6) is 0 Å². The predicted octanol–water partition coefficient (Wildman–Crippen LogP) is 4.76. The molecule has 1 amide bonds. The summed E-state index contributed by atoms with van der Waals surface area (Å²) in [5.74, 6) is 1.15. The van der Waals surface area contributed by atoms with Crippen LogP contribution in [0.4, 0.5) is 5.82 Å². The molecule has 0 radical (unpaired) electrons. The van der Waals surface area contributed by atoms with Gasteiger partial charge in [-0.3, -0.25) is 4.79 Å². The average molecular weight is 389 g/mol. The van der Waals surface area contributed by atoms with Gasteiger partial charge in [-0.05, 0) is 44.4 Å². The molecular formula is C24H28N4O. The molecule has 0 aliphatic rings. The quantitative estimate of drug-likeness (QED) is 0.634. The maximum Gasteiger partial charge on any atom is 0.273 e. The second-order valence-corrected chi connectivity index (χ2v) is 7.48. The van der Waals surface area contributed by atoms with Crippen molar-refractivity contribution >= 4 is 11.7 Å². The minimum atomic E-state index is -0.0895. The van der Waals surface area contributed by atoms with Crippen molar-refractivity contribution < 1.29 is 4.79 Å². The van der Waals surface area contributed by atoms with E-state index < -0.39 is 0 Å². The van der Waals surface area contributed by atoms with Gasteiger partial charge in [0.05, 0.1) is 0 Å². The lowest BCUT2D eigenvalue weighted by Gasteiger charge is -2.27. The lowest BCUT2D eigenvalue weighted by Crippen LogP contribution is -2.37. The maximum absolute atomic E-state index is 13.2. The van der Waals surface area contributed by atoms with Crippen LogP contribution in [0.1, 0.15) is 46.9 Å². The van der Waals surface area contributed by atoms with E-state index in [0.717, 1.165) is 5.56 Å². The van der Waals surface area contributed by atoms with Gasteiger partial charge in [-0.15, -0.1) is 0 Å². The molecule has 0 atom stereocenters. The summed E-state index contributed by atoms with van der Waals surface area (Å²) >= 11 is 0. The monoisotopic (exact) mass is 388 g/mol. The van der Waals surface area contributed by atoms with E-state index in [2.05, 4.69) is 34.3 Å². The molecule has 1 heterocycles. The molecule has 0 aliphatic carbocycles. The highest BCUT2D eigenvalue weighted by Crippen LogP contribution is 2.16. The SMILES string of the molecule is Cc1nc(NCc2ccccc2C)cc(C(=O)N(Cc2ccccc2)C(C)C)n1. The zero-order valence-corrected chi connectivity index (χ0v) is 17.5. The molecule has 0 unspecified atom stereocenters. The third-order valence-corrected chi connectivity index (χ3v) is 4.86. The maximum atomic E-state index is 13.2. The number of hydrogen-bond donors (Lipinski definition) is 1. The van der Waals surface area contributed by atoms with E-state index in [-0.39, 0.29) is 11.9 Å². The summed E-state index contributed by atoms with van der Waals surface area (Å²) in [6.45, 7) is 9.13. The third-order valence-electron chi connectivity index (χ3n) is 4.86. The molecule has 1 N–H and O–H groups in total. The smallest absolute Gasteiger partial charge is 0.273 e. The number of benzene rings is 2. The molecule has 3 rings (SSSR count). The van der Waals surface area contributed by atoms with Gasteiger partial charge < -0.3 is 10.2 Å². The van der Waals surface area contributed by atoms with Gasteiger partial charge >= 0.3 is 0 Å². The molecule has 5 nitrogen and oxygen atoms in total.